The molecule has 1 N–H and O–H groups in total. The predicted octanol–water partition coefficient (Wildman–Crippen LogP) is 2.17. The van der Waals surface area contributed by atoms with Crippen LogP contribution >= 0.6 is 31.9 Å². The molecule has 1 aliphatic rings. The number of nitrogens with zero attached hydrogens (tertiary/aromatic N) is 1. The maximum absolute atomic E-state index is 12.0. The van der Waals surface area contributed by atoms with Crippen molar-refractivity contribution in [3.8, 4) is 0 Å². The number of likely N-dealkylation sites (tertiary alicyclic amines) is 1. The normalized spacial score (nSPS) is 18.1. The quantitative estimate of drug-likeness (QED) is 0.600. The van der Waals surface area contributed by atoms with Crippen molar-refractivity contribution in [1.82, 2.24) is 4.90 Å². The van der Waals surface area contributed by atoms with E-state index in [1.165, 1.54) is 14.2 Å². The Bertz CT molecular complexity index is 633. The van der Waals surface area contributed by atoms with Crippen molar-refractivity contribution < 1.29 is 19.1 Å². The van der Waals surface area contributed by atoms with Gasteiger partial charge >= 0.3 is 5.97 Å². The number of anilines is 1. The van der Waals surface area contributed by atoms with E-state index in [9.17, 15) is 14.4 Å². The fraction of sp³-hybridized carbons (Fsp3) is 0.308. The lowest BCUT2D eigenvalue weighted by molar-refractivity contribution is -0.136. The number of imide groups is 1. The van der Waals surface area contributed by atoms with Gasteiger partial charge in [-0.15, -0.1) is 0 Å². The zero-order chi connectivity index (χ0) is 15.7. The van der Waals surface area contributed by atoms with Crippen LogP contribution in [-0.4, -0.2) is 42.9 Å². The van der Waals surface area contributed by atoms with Crippen LogP contribution in [0.3, 0.4) is 0 Å². The van der Waals surface area contributed by atoms with Crippen molar-refractivity contribution in [1.29, 1.82) is 0 Å². The van der Waals surface area contributed by atoms with Gasteiger partial charge in [-0.3, -0.25) is 14.5 Å². The number of amides is 2. The van der Waals surface area contributed by atoms with E-state index in [0.29, 0.717) is 14.6 Å². The van der Waals surface area contributed by atoms with Gasteiger partial charge in [-0.1, -0.05) is 15.9 Å². The van der Waals surface area contributed by atoms with Gasteiger partial charge in [0.1, 0.15) is 6.04 Å². The fourth-order valence-electron chi connectivity index (χ4n) is 2.03. The van der Waals surface area contributed by atoms with Gasteiger partial charge in [0.05, 0.1) is 24.8 Å². The second-order valence-corrected chi connectivity index (χ2v) is 6.26. The summed E-state index contributed by atoms with van der Waals surface area (Å²) < 4.78 is 6.01. The Morgan fingerprint density at radius 3 is 2.57 bits per heavy atom. The maximum Gasteiger partial charge on any atom is 0.340 e. The first-order chi connectivity index (χ1) is 9.85. The van der Waals surface area contributed by atoms with E-state index in [4.69, 9.17) is 4.74 Å². The molecular formula is C13H12Br2N2O4. The molecule has 2 rings (SSSR count). The number of esters is 1. The van der Waals surface area contributed by atoms with Crippen molar-refractivity contribution in [2.24, 2.45) is 0 Å². The topological polar surface area (TPSA) is 75.7 Å². The molecule has 0 spiro atoms. The highest BCUT2D eigenvalue weighted by atomic mass is 79.9. The van der Waals surface area contributed by atoms with Crippen LogP contribution in [0, 0.1) is 0 Å². The Balaban J connectivity index is 2.38. The van der Waals surface area contributed by atoms with Crippen LogP contribution in [0.25, 0.3) is 0 Å². The number of methoxy groups -OCH3 is 1. The maximum atomic E-state index is 12.0. The van der Waals surface area contributed by atoms with Crippen LogP contribution in [-0.2, 0) is 14.3 Å². The van der Waals surface area contributed by atoms with Crippen molar-refractivity contribution in [2.75, 3.05) is 19.5 Å². The summed E-state index contributed by atoms with van der Waals surface area (Å²) in [6.45, 7) is 0. The Morgan fingerprint density at radius 1 is 1.38 bits per heavy atom. The van der Waals surface area contributed by atoms with Gasteiger partial charge in [0.2, 0.25) is 5.91 Å². The molecule has 8 heteroatoms. The molecule has 0 bridgehead atoms. The summed E-state index contributed by atoms with van der Waals surface area (Å²) in [5.74, 6) is -1.12. The lowest BCUT2D eigenvalue weighted by atomic mass is 10.1. The van der Waals surface area contributed by atoms with Crippen LogP contribution in [0.4, 0.5) is 5.69 Å². The Morgan fingerprint density at radius 2 is 2.05 bits per heavy atom. The average molecular weight is 420 g/mol. The molecule has 1 unspecified atom stereocenters. The first-order valence-corrected chi connectivity index (χ1v) is 7.58. The molecule has 0 saturated carbocycles. The fourth-order valence-corrected chi connectivity index (χ4v) is 3.37. The van der Waals surface area contributed by atoms with Gasteiger partial charge < -0.3 is 10.1 Å². The van der Waals surface area contributed by atoms with Crippen LogP contribution in [0.2, 0.25) is 0 Å². The van der Waals surface area contributed by atoms with Crippen molar-refractivity contribution >= 4 is 55.3 Å². The third-order valence-electron chi connectivity index (χ3n) is 3.16. The largest absolute Gasteiger partial charge is 0.465 e. The van der Waals surface area contributed by atoms with Gasteiger partial charge in [-0.2, -0.15) is 0 Å². The zero-order valence-corrected chi connectivity index (χ0v) is 14.4. The molecule has 2 amide bonds. The van der Waals surface area contributed by atoms with E-state index in [1.54, 1.807) is 12.1 Å². The molecule has 1 aromatic carbocycles. The first kappa shape index (κ1) is 16.0. The number of benzene rings is 1. The number of nitrogens with one attached hydrogen (secondary N) is 1. The molecule has 1 heterocycles. The number of likely N-dealkylation sites (N-methyl/N-ethyl adjacent to an activating group) is 1. The summed E-state index contributed by atoms with van der Waals surface area (Å²) in [4.78, 5) is 36.4. The second-order valence-electron chi connectivity index (χ2n) is 4.49. The second kappa shape index (κ2) is 6.15. The summed E-state index contributed by atoms with van der Waals surface area (Å²) in [6, 6.07) is 2.63. The Kier molecular flexibility index (Phi) is 4.67. The van der Waals surface area contributed by atoms with Crippen LogP contribution in [0.15, 0.2) is 21.1 Å². The molecule has 1 fully saturated rings. The smallest absolute Gasteiger partial charge is 0.340 e. The summed E-state index contributed by atoms with van der Waals surface area (Å²) in [6.07, 6.45) is 0.0540. The summed E-state index contributed by atoms with van der Waals surface area (Å²) in [5.41, 5.74) is 0.694. The molecule has 6 nitrogen and oxygen atoms in total. The van der Waals surface area contributed by atoms with Gasteiger partial charge in [-0.05, 0) is 28.1 Å². The van der Waals surface area contributed by atoms with E-state index in [2.05, 4.69) is 37.2 Å². The Hall–Kier alpha value is -1.41. The number of hydrogen-bond acceptors (Lipinski definition) is 5. The average Bonchev–Trinajstić information content (AvgIpc) is 2.68. The number of carbonyl (C=O) groups is 3. The predicted molar refractivity (Wildman–Crippen MR) is 83.0 cm³/mol. The van der Waals surface area contributed by atoms with E-state index in [0.717, 1.165) is 4.90 Å². The molecule has 21 heavy (non-hydrogen) atoms. The third kappa shape index (κ3) is 3.11. The van der Waals surface area contributed by atoms with Gasteiger partial charge in [0.25, 0.3) is 5.91 Å². The molecule has 1 atom stereocenters. The minimum absolute atomic E-state index is 0.0540. The molecule has 0 radical (unpaired) electrons. The number of hydrogen-bond donors (Lipinski definition) is 1. The van der Waals surface area contributed by atoms with Crippen LogP contribution < -0.4 is 5.32 Å². The van der Waals surface area contributed by atoms with Gasteiger partial charge in [-0.25, -0.2) is 4.79 Å². The van der Waals surface area contributed by atoms with Gasteiger partial charge in [0, 0.05) is 16.0 Å². The molecule has 0 aliphatic carbocycles. The number of rotatable bonds is 3. The van der Waals surface area contributed by atoms with Crippen molar-refractivity contribution in [2.45, 2.75) is 12.5 Å². The molecule has 112 valence electrons. The minimum Gasteiger partial charge on any atom is -0.465 e. The van der Waals surface area contributed by atoms with Crippen LogP contribution in [0.1, 0.15) is 16.8 Å². The minimum atomic E-state index is -0.691. The van der Waals surface area contributed by atoms with E-state index < -0.39 is 12.0 Å². The third-order valence-corrected chi connectivity index (χ3v) is 4.24. The van der Waals surface area contributed by atoms with Gasteiger partial charge in [0.15, 0.2) is 0 Å². The number of halogens is 2. The summed E-state index contributed by atoms with van der Waals surface area (Å²) in [7, 11) is 2.71. The molecule has 0 aromatic heterocycles. The standard InChI is InChI=1S/C13H12Br2N2O4/c1-17-10(18)5-9(12(17)19)16-11-7(13(20)21-2)3-6(14)4-8(11)15/h3-4,9,16H,5H2,1-2H3. The van der Waals surface area contributed by atoms with Crippen LogP contribution in [0.5, 0.6) is 0 Å². The first-order valence-electron chi connectivity index (χ1n) is 5.99. The van der Waals surface area contributed by atoms with E-state index in [-0.39, 0.29) is 23.8 Å². The van der Waals surface area contributed by atoms with Crippen molar-refractivity contribution in [3.63, 3.8) is 0 Å². The lowest BCUT2D eigenvalue weighted by Gasteiger charge is -2.17. The van der Waals surface area contributed by atoms with E-state index >= 15 is 0 Å². The highest BCUT2D eigenvalue weighted by molar-refractivity contribution is 9.11. The van der Waals surface area contributed by atoms with E-state index in [1.807, 2.05) is 0 Å². The highest BCUT2D eigenvalue weighted by Gasteiger charge is 2.36. The number of ether oxygens (including phenoxy) is 1. The Labute approximate surface area is 138 Å². The number of carbonyl (C=O) groups excluding carboxylic acids is 3. The lowest BCUT2D eigenvalue weighted by Crippen LogP contribution is -2.32. The summed E-state index contributed by atoms with van der Waals surface area (Å²) >= 11 is 6.64. The summed E-state index contributed by atoms with van der Waals surface area (Å²) in [5, 5.41) is 2.95. The highest BCUT2D eigenvalue weighted by Crippen LogP contribution is 2.33. The zero-order valence-electron chi connectivity index (χ0n) is 11.3. The molecular weight excluding hydrogens is 408 g/mol. The molecule has 1 saturated heterocycles. The van der Waals surface area contributed by atoms with Crippen molar-refractivity contribution in [3.05, 3.63) is 26.6 Å². The molecule has 1 aromatic rings. The molecule has 1 aliphatic heterocycles. The SMILES string of the molecule is COC(=O)c1cc(Br)cc(Br)c1NC1CC(=O)N(C)C1=O. The monoisotopic (exact) mass is 418 g/mol.